The first-order valence-corrected chi connectivity index (χ1v) is 9.04. The van der Waals surface area contributed by atoms with Gasteiger partial charge in [0.05, 0.1) is 6.61 Å². The van der Waals surface area contributed by atoms with Crippen molar-refractivity contribution in [3.63, 3.8) is 0 Å². The summed E-state index contributed by atoms with van der Waals surface area (Å²) in [6.45, 7) is 4.88. The lowest BCUT2D eigenvalue weighted by molar-refractivity contribution is -0.151. The summed E-state index contributed by atoms with van der Waals surface area (Å²) in [5, 5.41) is 2.50. The molecule has 3 aromatic rings. The van der Waals surface area contributed by atoms with Crippen molar-refractivity contribution in [2.45, 2.75) is 26.3 Å². The number of carbonyl (C=O) groups is 3. The van der Waals surface area contributed by atoms with Crippen LogP contribution in [-0.4, -0.2) is 34.2 Å². The van der Waals surface area contributed by atoms with Crippen LogP contribution in [0, 0.1) is 0 Å². The van der Waals surface area contributed by atoms with E-state index in [0.717, 1.165) is 11.1 Å². The highest BCUT2D eigenvalue weighted by molar-refractivity contribution is 6.44. The Labute approximate surface area is 163 Å². The van der Waals surface area contributed by atoms with E-state index < -0.39 is 23.2 Å². The Morgan fingerprint density at radius 2 is 1.71 bits per heavy atom. The first kappa shape index (κ1) is 19.4. The van der Waals surface area contributed by atoms with Crippen LogP contribution in [0.5, 0.6) is 0 Å². The average Bonchev–Trinajstić information content (AvgIpc) is 3.07. The van der Waals surface area contributed by atoms with Crippen LogP contribution in [0.2, 0.25) is 0 Å². The molecule has 1 amide bonds. The molecule has 6 heteroatoms. The lowest BCUT2D eigenvalue weighted by Gasteiger charge is -2.23. The molecule has 1 N–H and O–H groups in total. The molecule has 0 aliphatic heterocycles. The van der Waals surface area contributed by atoms with Crippen LogP contribution in [0.3, 0.4) is 0 Å². The average molecular weight is 378 g/mol. The van der Waals surface area contributed by atoms with E-state index in [1.807, 2.05) is 48.5 Å². The third-order valence-electron chi connectivity index (χ3n) is 4.40. The fourth-order valence-electron chi connectivity index (χ4n) is 3.00. The number of rotatable bonds is 6. The molecule has 2 heterocycles. The van der Waals surface area contributed by atoms with Gasteiger partial charge in [0.2, 0.25) is 0 Å². The van der Waals surface area contributed by atoms with E-state index in [9.17, 15) is 14.4 Å². The Morgan fingerprint density at radius 1 is 1.04 bits per heavy atom. The van der Waals surface area contributed by atoms with Gasteiger partial charge in [-0.1, -0.05) is 36.4 Å². The van der Waals surface area contributed by atoms with Gasteiger partial charge >= 0.3 is 5.97 Å². The SMILES string of the molecule is CCOC(=O)C(C)(C)NC(=O)C(=O)c1c(-c2ccccc2)cc2ccccn12. The fraction of sp³-hybridized carbons (Fsp3) is 0.227. The largest absolute Gasteiger partial charge is 0.464 e. The van der Waals surface area contributed by atoms with Gasteiger partial charge in [0.15, 0.2) is 0 Å². The number of fused-ring (bicyclic) bond motifs is 1. The second-order valence-corrected chi connectivity index (χ2v) is 6.90. The zero-order valence-electron chi connectivity index (χ0n) is 16.1. The summed E-state index contributed by atoms with van der Waals surface area (Å²) in [6, 6.07) is 16.8. The summed E-state index contributed by atoms with van der Waals surface area (Å²) < 4.78 is 6.65. The standard InChI is InChI=1S/C22H22N2O4/c1-4-28-21(27)22(2,3)23-20(26)19(25)18-17(15-10-6-5-7-11-15)14-16-12-8-9-13-24(16)18/h5-14H,4H2,1-3H3,(H,23,26). The zero-order chi connectivity index (χ0) is 20.3. The molecule has 0 unspecified atom stereocenters. The van der Waals surface area contributed by atoms with Crippen molar-refractivity contribution >= 4 is 23.2 Å². The number of ketones is 1. The Bertz CT molecular complexity index is 1040. The minimum Gasteiger partial charge on any atom is -0.464 e. The van der Waals surface area contributed by atoms with Gasteiger partial charge in [0, 0.05) is 17.3 Å². The van der Waals surface area contributed by atoms with Crippen molar-refractivity contribution in [2.24, 2.45) is 0 Å². The fourth-order valence-corrected chi connectivity index (χ4v) is 3.00. The van der Waals surface area contributed by atoms with Crippen molar-refractivity contribution < 1.29 is 19.1 Å². The van der Waals surface area contributed by atoms with E-state index in [2.05, 4.69) is 5.32 Å². The van der Waals surface area contributed by atoms with Crippen LogP contribution in [0.1, 0.15) is 31.3 Å². The third kappa shape index (κ3) is 3.67. The van der Waals surface area contributed by atoms with Crippen LogP contribution in [0.25, 0.3) is 16.6 Å². The summed E-state index contributed by atoms with van der Waals surface area (Å²) in [5.74, 6) is -2.18. The summed E-state index contributed by atoms with van der Waals surface area (Å²) in [4.78, 5) is 37.9. The molecule has 28 heavy (non-hydrogen) atoms. The molecule has 1 aromatic carbocycles. The summed E-state index contributed by atoms with van der Waals surface area (Å²) in [5.41, 5.74) is 1.21. The van der Waals surface area contributed by atoms with E-state index in [1.54, 1.807) is 23.6 Å². The molecule has 0 radical (unpaired) electrons. The molecule has 0 bridgehead atoms. The topological polar surface area (TPSA) is 76.9 Å². The van der Waals surface area contributed by atoms with Crippen molar-refractivity contribution in [3.05, 3.63) is 66.5 Å². The number of esters is 1. The maximum absolute atomic E-state index is 13.1. The molecule has 144 valence electrons. The van der Waals surface area contributed by atoms with Crippen molar-refractivity contribution in [3.8, 4) is 11.1 Å². The molecule has 0 spiro atoms. The van der Waals surface area contributed by atoms with Crippen LogP contribution in [0.4, 0.5) is 0 Å². The minimum absolute atomic E-state index is 0.188. The summed E-state index contributed by atoms with van der Waals surface area (Å²) >= 11 is 0. The number of aromatic nitrogens is 1. The molecule has 0 aliphatic rings. The molecule has 6 nitrogen and oxygen atoms in total. The number of carbonyl (C=O) groups excluding carboxylic acids is 3. The second-order valence-electron chi connectivity index (χ2n) is 6.90. The number of ether oxygens (including phenoxy) is 1. The van der Waals surface area contributed by atoms with Crippen LogP contribution >= 0.6 is 0 Å². The van der Waals surface area contributed by atoms with E-state index in [0.29, 0.717) is 5.56 Å². The summed E-state index contributed by atoms with van der Waals surface area (Å²) in [6.07, 6.45) is 1.73. The van der Waals surface area contributed by atoms with Gasteiger partial charge < -0.3 is 14.5 Å². The van der Waals surface area contributed by atoms with Gasteiger partial charge in [-0.2, -0.15) is 0 Å². The van der Waals surface area contributed by atoms with Crippen molar-refractivity contribution in [1.82, 2.24) is 9.72 Å². The van der Waals surface area contributed by atoms with Crippen LogP contribution in [-0.2, 0) is 14.3 Å². The number of pyridine rings is 1. The van der Waals surface area contributed by atoms with Gasteiger partial charge in [-0.25, -0.2) is 4.79 Å². The smallest absolute Gasteiger partial charge is 0.331 e. The molecule has 0 saturated carbocycles. The first-order chi connectivity index (χ1) is 13.3. The predicted octanol–water partition coefficient (Wildman–Crippen LogP) is 3.25. The molecule has 0 aliphatic carbocycles. The maximum Gasteiger partial charge on any atom is 0.331 e. The molecule has 2 aromatic heterocycles. The number of amides is 1. The molecule has 0 fully saturated rings. The van der Waals surface area contributed by atoms with E-state index in [-0.39, 0.29) is 12.3 Å². The highest BCUT2D eigenvalue weighted by atomic mass is 16.5. The number of Topliss-reactive ketones (excluding diaryl/α,β-unsaturated/α-hetero) is 1. The molecule has 0 saturated heterocycles. The third-order valence-corrected chi connectivity index (χ3v) is 4.40. The maximum atomic E-state index is 13.1. The van der Waals surface area contributed by atoms with Gasteiger partial charge in [-0.3, -0.25) is 9.59 Å². The van der Waals surface area contributed by atoms with Crippen LogP contribution in [0.15, 0.2) is 60.8 Å². The summed E-state index contributed by atoms with van der Waals surface area (Å²) in [7, 11) is 0. The molecular weight excluding hydrogens is 356 g/mol. The number of hydrogen-bond acceptors (Lipinski definition) is 4. The van der Waals surface area contributed by atoms with E-state index in [4.69, 9.17) is 4.74 Å². The molecule has 0 atom stereocenters. The van der Waals surface area contributed by atoms with E-state index >= 15 is 0 Å². The van der Waals surface area contributed by atoms with Gasteiger partial charge in [0.25, 0.3) is 11.7 Å². The van der Waals surface area contributed by atoms with Gasteiger partial charge in [-0.15, -0.1) is 0 Å². The normalized spacial score (nSPS) is 11.2. The highest BCUT2D eigenvalue weighted by Crippen LogP contribution is 2.28. The Hall–Kier alpha value is -3.41. The van der Waals surface area contributed by atoms with Gasteiger partial charge in [-0.05, 0) is 44.5 Å². The second kappa shape index (κ2) is 7.68. The Kier molecular flexibility index (Phi) is 5.31. The number of hydrogen-bond donors (Lipinski definition) is 1. The van der Waals surface area contributed by atoms with Crippen LogP contribution < -0.4 is 5.32 Å². The van der Waals surface area contributed by atoms with E-state index in [1.165, 1.54) is 13.8 Å². The number of nitrogens with one attached hydrogen (secondary N) is 1. The minimum atomic E-state index is -1.32. The number of nitrogens with zero attached hydrogens (tertiary/aromatic N) is 1. The lowest BCUT2D eigenvalue weighted by Crippen LogP contribution is -2.52. The van der Waals surface area contributed by atoms with Crippen molar-refractivity contribution in [1.29, 1.82) is 0 Å². The zero-order valence-corrected chi connectivity index (χ0v) is 16.1. The van der Waals surface area contributed by atoms with Crippen molar-refractivity contribution in [2.75, 3.05) is 6.61 Å². The molecular formula is C22H22N2O4. The Morgan fingerprint density at radius 3 is 2.39 bits per heavy atom. The molecule has 3 rings (SSSR count). The monoisotopic (exact) mass is 378 g/mol. The Balaban J connectivity index is 2.02. The predicted molar refractivity (Wildman–Crippen MR) is 106 cm³/mol. The number of benzene rings is 1. The lowest BCUT2D eigenvalue weighted by atomic mass is 10.0. The highest BCUT2D eigenvalue weighted by Gasteiger charge is 2.34. The quantitative estimate of drug-likeness (QED) is 0.406. The van der Waals surface area contributed by atoms with Gasteiger partial charge in [0.1, 0.15) is 11.2 Å². The first-order valence-electron chi connectivity index (χ1n) is 9.04.